The van der Waals surface area contributed by atoms with E-state index in [0.717, 1.165) is 12.8 Å². The molecule has 74 valence electrons. The van der Waals surface area contributed by atoms with Gasteiger partial charge in [-0.1, -0.05) is 51.2 Å². The van der Waals surface area contributed by atoms with Gasteiger partial charge in [0.05, 0.1) is 0 Å². The molecule has 0 fully saturated rings. The summed E-state index contributed by atoms with van der Waals surface area (Å²) in [7, 11) is 0. The molecular weight excluding hydrogens is 168 g/mol. The van der Waals surface area contributed by atoms with Crippen LogP contribution < -0.4 is 0 Å². The van der Waals surface area contributed by atoms with Crippen molar-refractivity contribution >= 4 is 0 Å². The Morgan fingerprint density at radius 2 is 1.86 bits per heavy atom. The zero-order chi connectivity index (χ0) is 10.2. The predicted molar refractivity (Wildman–Crippen MR) is 62.1 cm³/mol. The highest BCUT2D eigenvalue weighted by Crippen LogP contribution is 2.38. The Morgan fingerprint density at radius 3 is 2.43 bits per heavy atom. The van der Waals surface area contributed by atoms with E-state index >= 15 is 0 Å². The molecule has 0 heteroatoms. The zero-order valence-corrected chi connectivity index (χ0v) is 9.30. The van der Waals surface area contributed by atoms with Crippen LogP contribution in [0.4, 0.5) is 0 Å². The maximum Gasteiger partial charge on any atom is -0.00855 e. The van der Waals surface area contributed by atoms with Gasteiger partial charge in [0.2, 0.25) is 0 Å². The Kier molecular flexibility index (Phi) is 2.22. The van der Waals surface area contributed by atoms with Gasteiger partial charge >= 0.3 is 0 Å². The van der Waals surface area contributed by atoms with E-state index in [0.29, 0.717) is 0 Å². The smallest absolute Gasteiger partial charge is 0.00855 e. The van der Waals surface area contributed by atoms with Crippen molar-refractivity contribution in [2.45, 2.75) is 33.6 Å². The molecule has 0 aromatic heterocycles. The van der Waals surface area contributed by atoms with Crippen LogP contribution in [0, 0.1) is 5.41 Å². The van der Waals surface area contributed by atoms with Crippen molar-refractivity contribution in [2.75, 3.05) is 0 Å². The van der Waals surface area contributed by atoms with Crippen LogP contribution in [0.5, 0.6) is 0 Å². The van der Waals surface area contributed by atoms with E-state index in [-0.39, 0.29) is 5.41 Å². The first-order valence-corrected chi connectivity index (χ1v) is 5.36. The van der Waals surface area contributed by atoms with E-state index in [2.05, 4.69) is 51.2 Å². The summed E-state index contributed by atoms with van der Waals surface area (Å²) in [6, 6.07) is 0. The lowest BCUT2D eigenvalue weighted by Gasteiger charge is -2.22. The second-order valence-corrected chi connectivity index (χ2v) is 5.05. The largest absolute Gasteiger partial charge is 0.0801 e. The van der Waals surface area contributed by atoms with Crippen molar-refractivity contribution in [3.63, 3.8) is 0 Å². The van der Waals surface area contributed by atoms with Crippen LogP contribution in [0.25, 0.3) is 0 Å². The molecule has 0 aliphatic heterocycles. The third-order valence-corrected chi connectivity index (χ3v) is 2.86. The highest BCUT2D eigenvalue weighted by Gasteiger charge is 2.23. The van der Waals surface area contributed by atoms with Crippen LogP contribution in [0.1, 0.15) is 33.6 Å². The number of hydrogen-bond acceptors (Lipinski definition) is 0. The second kappa shape index (κ2) is 3.27. The van der Waals surface area contributed by atoms with E-state index in [4.69, 9.17) is 0 Å². The fourth-order valence-corrected chi connectivity index (χ4v) is 2.16. The quantitative estimate of drug-likeness (QED) is 0.576. The van der Waals surface area contributed by atoms with E-state index in [1.54, 1.807) is 0 Å². The minimum atomic E-state index is 0.277. The van der Waals surface area contributed by atoms with Gasteiger partial charge in [-0.25, -0.2) is 0 Å². The Hall–Kier alpha value is -1.04. The Bertz CT molecular complexity index is 354. The fraction of sp³-hybridized carbons (Fsp3) is 0.429. The normalized spacial score (nSPS) is 20.9. The molecule has 2 rings (SSSR count). The monoisotopic (exact) mass is 186 g/mol. The number of allylic oxidation sites excluding steroid dienone is 8. The maximum atomic E-state index is 2.33. The fourth-order valence-electron chi connectivity index (χ4n) is 2.16. The number of rotatable bonds is 1. The topological polar surface area (TPSA) is 0 Å². The molecule has 0 radical (unpaired) electrons. The summed E-state index contributed by atoms with van der Waals surface area (Å²) in [5.74, 6) is 0. The molecule has 0 aromatic rings. The molecule has 0 atom stereocenters. The first-order chi connectivity index (χ1) is 6.59. The van der Waals surface area contributed by atoms with Crippen molar-refractivity contribution in [3.8, 4) is 0 Å². The minimum absolute atomic E-state index is 0.277. The molecule has 2 aliphatic carbocycles. The standard InChI is InChI=1S/C14H18/c1-14(2,3)13-10-6-9-12(13)11-7-4-5-8-11/h4,6-8,10H,5,9H2,1-3H3. The van der Waals surface area contributed by atoms with Gasteiger partial charge in [-0.05, 0) is 35.0 Å². The van der Waals surface area contributed by atoms with Gasteiger partial charge in [0.15, 0.2) is 0 Å². The van der Waals surface area contributed by atoms with Gasteiger partial charge in [0.25, 0.3) is 0 Å². The third-order valence-electron chi connectivity index (χ3n) is 2.86. The van der Waals surface area contributed by atoms with E-state index in [1.165, 1.54) is 16.7 Å². The van der Waals surface area contributed by atoms with Crippen LogP contribution >= 0.6 is 0 Å². The van der Waals surface area contributed by atoms with Crippen LogP contribution in [-0.2, 0) is 0 Å². The minimum Gasteiger partial charge on any atom is -0.0801 e. The van der Waals surface area contributed by atoms with Gasteiger partial charge in [-0.3, -0.25) is 0 Å². The van der Waals surface area contributed by atoms with Crippen LogP contribution in [0.3, 0.4) is 0 Å². The molecular formula is C14H18. The number of hydrogen-bond donors (Lipinski definition) is 0. The van der Waals surface area contributed by atoms with Crippen LogP contribution in [-0.4, -0.2) is 0 Å². The molecule has 0 saturated heterocycles. The lowest BCUT2D eigenvalue weighted by Crippen LogP contribution is -2.08. The Balaban J connectivity index is 2.39. The summed E-state index contributed by atoms with van der Waals surface area (Å²) in [5.41, 5.74) is 4.76. The van der Waals surface area contributed by atoms with Gasteiger partial charge in [0.1, 0.15) is 0 Å². The van der Waals surface area contributed by atoms with Crippen LogP contribution in [0.2, 0.25) is 0 Å². The van der Waals surface area contributed by atoms with Crippen molar-refractivity contribution < 1.29 is 0 Å². The van der Waals surface area contributed by atoms with Crippen molar-refractivity contribution in [3.05, 3.63) is 47.1 Å². The Morgan fingerprint density at radius 1 is 1.07 bits per heavy atom. The zero-order valence-electron chi connectivity index (χ0n) is 9.30. The van der Waals surface area contributed by atoms with Crippen molar-refractivity contribution in [1.82, 2.24) is 0 Å². The average Bonchev–Trinajstić information content (AvgIpc) is 2.73. The van der Waals surface area contributed by atoms with Crippen molar-refractivity contribution in [2.24, 2.45) is 5.41 Å². The first kappa shape index (κ1) is 9.51. The molecule has 0 N–H and O–H groups in total. The molecule has 0 heterocycles. The summed E-state index contributed by atoms with van der Waals surface area (Å²) in [5, 5.41) is 0. The van der Waals surface area contributed by atoms with E-state index in [1.807, 2.05) is 0 Å². The van der Waals surface area contributed by atoms with Gasteiger partial charge in [0, 0.05) is 0 Å². The van der Waals surface area contributed by atoms with Gasteiger partial charge in [-0.15, -0.1) is 0 Å². The second-order valence-electron chi connectivity index (χ2n) is 5.05. The summed E-state index contributed by atoms with van der Waals surface area (Å²) in [6.45, 7) is 6.87. The SMILES string of the molecule is CC(C)(C)C1=C(C2=CCC=C2)CC=C1. The molecule has 0 amide bonds. The molecule has 0 spiro atoms. The van der Waals surface area contributed by atoms with Gasteiger partial charge < -0.3 is 0 Å². The summed E-state index contributed by atoms with van der Waals surface area (Å²) in [4.78, 5) is 0. The molecule has 2 aliphatic rings. The van der Waals surface area contributed by atoms with Crippen LogP contribution in [0.15, 0.2) is 47.1 Å². The van der Waals surface area contributed by atoms with Crippen molar-refractivity contribution in [1.29, 1.82) is 0 Å². The molecule has 14 heavy (non-hydrogen) atoms. The molecule has 0 bridgehead atoms. The maximum absolute atomic E-state index is 2.33. The highest BCUT2D eigenvalue weighted by molar-refractivity contribution is 5.53. The molecule has 0 aromatic carbocycles. The predicted octanol–water partition coefficient (Wildman–Crippen LogP) is 4.18. The Labute approximate surface area is 86.7 Å². The first-order valence-electron chi connectivity index (χ1n) is 5.36. The molecule has 0 saturated carbocycles. The highest BCUT2D eigenvalue weighted by atomic mass is 14.3. The average molecular weight is 186 g/mol. The lowest BCUT2D eigenvalue weighted by atomic mass is 9.83. The third kappa shape index (κ3) is 1.61. The van der Waals surface area contributed by atoms with E-state index < -0.39 is 0 Å². The lowest BCUT2D eigenvalue weighted by molar-refractivity contribution is 0.514. The summed E-state index contributed by atoms with van der Waals surface area (Å²) >= 11 is 0. The summed E-state index contributed by atoms with van der Waals surface area (Å²) < 4.78 is 0. The van der Waals surface area contributed by atoms with Gasteiger partial charge in [-0.2, -0.15) is 0 Å². The molecule has 0 nitrogen and oxygen atoms in total. The summed E-state index contributed by atoms with van der Waals surface area (Å²) in [6.07, 6.45) is 13.6. The molecule has 0 unspecified atom stereocenters. The van der Waals surface area contributed by atoms with E-state index in [9.17, 15) is 0 Å².